The largest absolute Gasteiger partial charge is 0.352 e. The van der Waals surface area contributed by atoms with Crippen molar-refractivity contribution >= 4 is 22.7 Å². The van der Waals surface area contributed by atoms with Gasteiger partial charge in [0.2, 0.25) is 0 Å². The van der Waals surface area contributed by atoms with Crippen molar-refractivity contribution in [3.05, 3.63) is 58.9 Å². The molecular weight excluding hydrogens is 272 g/mol. The van der Waals surface area contributed by atoms with Gasteiger partial charge in [-0.3, -0.25) is 0 Å². The summed E-state index contributed by atoms with van der Waals surface area (Å²) < 4.78 is 0. The molecule has 0 N–H and O–H groups in total. The van der Waals surface area contributed by atoms with Crippen LogP contribution in [0.1, 0.15) is 18.1 Å². The van der Waals surface area contributed by atoms with Crippen LogP contribution in [0.5, 0.6) is 0 Å². The quantitative estimate of drug-likeness (QED) is 0.732. The van der Waals surface area contributed by atoms with Crippen LogP contribution >= 0.6 is 0 Å². The molecule has 0 aromatic heterocycles. The number of fused-ring (bicyclic) bond motifs is 1. The first-order valence-corrected chi connectivity index (χ1v) is 7.11. The van der Waals surface area contributed by atoms with Crippen LogP contribution < -0.4 is 9.80 Å². The zero-order valence-electron chi connectivity index (χ0n) is 12.8. The molecule has 0 unspecified atom stereocenters. The number of nitriles is 1. The topological polar surface area (TPSA) is 34.6 Å². The third-order valence-corrected chi connectivity index (χ3v) is 4.25. The van der Waals surface area contributed by atoms with Gasteiger partial charge in [0.1, 0.15) is 12.2 Å². The number of hydrogen-bond acceptors (Lipinski definition) is 3. The highest BCUT2D eigenvalue weighted by Crippen LogP contribution is 2.47. The van der Waals surface area contributed by atoms with E-state index in [-0.39, 0.29) is 6.17 Å². The Hall–Kier alpha value is -2.98. The van der Waals surface area contributed by atoms with Crippen LogP contribution in [0.15, 0.2) is 36.4 Å². The zero-order valence-corrected chi connectivity index (χ0v) is 12.8. The molecule has 0 spiro atoms. The van der Waals surface area contributed by atoms with E-state index in [9.17, 15) is 5.26 Å². The van der Waals surface area contributed by atoms with Crippen molar-refractivity contribution < 1.29 is 0 Å². The van der Waals surface area contributed by atoms with Crippen LogP contribution in [-0.2, 0) is 0 Å². The fourth-order valence-corrected chi connectivity index (χ4v) is 3.03. The first-order valence-electron chi connectivity index (χ1n) is 7.11. The van der Waals surface area contributed by atoms with Gasteiger partial charge < -0.3 is 9.80 Å². The van der Waals surface area contributed by atoms with Crippen molar-refractivity contribution in [1.29, 1.82) is 5.26 Å². The van der Waals surface area contributed by atoms with Gasteiger partial charge in [-0.05, 0) is 37.6 Å². The van der Waals surface area contributed by atoms with E-state index < -0.39 is 0 Å². The maximum atomic E-state index is 9.44. The third-order valence-electron chi connectivity index (χ3n) is 4.25. The molecular formula is C18H16N4. The molecule has 4 heteroatoms. The van der Waals surface area contributed by atoms with Crippen LogP contribution in [0.4, 0.5) is 22.7 Å². The Labute approximate surface area is 130 Å². The number of hydrogen-bond donors (Lipinski definition) is 0. The molecule has 1 aliphatic heterocycles. The number of para-hydroxylation sites is 1. The van der Waals surface area contributed by atoms with Crippen LogP contribution in [-0.4, -0.2) is 13.2 Å². The zero-order chi connectivity index (χ0) is 15.9. The summed E-state index contributed by atoms with van der Waals surface area (Å²) in [6, 6.07) is 13.9. The molecule has 2 aromatic carbocycles. The average Bonchev–Trinajstić information content (AvgIpc) is 2.79. The minimum Gasteiger partial charge on any atom is -0.352 e. The van der Waals surface area contributed by atoms with E-state index in [0.29, 0.717) is 11.3 Å². The van der Waals surface area contributed by atoms with E-state index in [1.165, 1.54) is 5.56 Å². The summed E-state index contributed by atoms with van der Waals surface area (Å²) in [6.45, 7) is 11.5. The van der Waals surface area contributed by atoms with Gasteiger partial charge in [-0.2, -0.15) is 5.26 Å². The highest BCUT2D eigenvalue weighted by molar-refractivity contribution is 5.90. The smallest absolute Gasteiger partial charge is 0.190 e. The molecule has 4 nitrogen and oxygen atoms in total. The van der Waals surface area contributed by atoms with Gasteiger partial charge in [-0.15, -0.1) is 0 Å². The number of benzene rings is 2. The van der Waals surface area contributed by atoms with E-state index in [0.717, 1.165) is 17.1 Å². The molecule has 108 valence electrons. The van der Waals surface area contributed by atoms with Gasteiger partial charge in [0.15, 0.2) is 5.69 Å². The van der Waals surface area contributed by atoms with Gasteiger partial charge in [-0.25, -0.2) is 4.85 Å². The first-order chi connectivity index (χ1) is 10.6. The highest BCUT2D eigenvalue weighted by atomic mass is 15.4. The summed E-state index contributed by atoms with van der Waals surface area (Å²) in [4.78, 5) is 7.80. The third kappa shape index (κ3) is 1.89. The normalized spacial score (nSPS) is 16.1. The van der Waals surface area contributed by atoms with Gasteiger partial charge in [0.05, 0.1) is 23.5 Å². The number of rotatable bonds is 1. The van der Waals surface area contributed by atoms with E-state index >= 15 is 0 Å². The molecule has 0 fully saturated rings. The van der Waals surface area contributed by atoms with E-state index in [2.05, 4.69) is 46.7 Å². The molecule has 0 saturated carbocycles. The van der Waals surface area contributed by atoms with Crippen molar-refractivity contribution in [2.75, 3.05) is 16.8 Å². The summed E-state index contributed by atoms with van der Waals surface area (Å²) in [7, 11) is 1.99. The maximum absolute atomic E-state index is 9.44. The second kappa shape index (κ2) is 5.09. The molecule has 22 heavy (non-hydrogen) atoms. The van der Waals surface area contributed by atoms with Crippen molar-refractivity contribution in [2.24, 2.45) is 0 Å². The molecule has 1 heterocycles. The average molecular weight is 288 g/mol. The highest BCUT2D eigenvalue weighted by Gasteiger charge is 2.34. The van der Waals surface area contributed by atoms with Crippen LogP contribution in [0, 0.1) is 24.8 Å². The Morgan fingerprint density at radius 3 is 2.59 bits per heavy atom. The number of anilines is 3. The monoisotopic (exact) mass is 288 g/mol. The molecule has 1 atom stereocenters. The standard InChI is InChI=1S/C18H16N4/c1-12-7-5-6-8-16(12)22-13(2)21(4)18-14(11-19)9-15(20-3)10-17(18)22/h5-10,13H,1-2,4H3/t13-/m0/s1. The summed E-state index contributed by atoms with van der Waals surface area (Å²) >= 11 is 0. The van der Waals surface area contributed by atoms with Gasteiger partial charge in [-0.1, -0.05) is 18.2 Å². The Morgan fingerprint density at radius 1 is 1.23 bits per heavy atom. The summed E-state index contributed by atoms with van der Waals surface area (Å²) in [5.74, 6) is 0. The molecule has 1 aliphatic rings. The van der Waals surface area contributed by atoms with Crippen molar-refractivity contribution in [3.8, 4) is 6.07 Å². The second-order valence-electron chi connectivity index (χ2n) is 5.48. The van der Waals surface area contributed by atoms with Crippen LogP contribution in [0.3, 0.4) is 0 Å². The molecule has 0 amide bonds. The van der Waals surface area contributed by atoms with E-state index in [1.54, 1.807) is 6.07 Å². The molecule has 0 radical (unpaired) electrons. The van der Waals surface area contributed by atoms with E-state index in [4.69, 9.17) is 6.57 Å². The SMILES string of the molecule is [C-]#[N+]c1cc(C#N)c2c(c1)N(c1ccccc1C)[C@@H](C)N2C. The van der Waals surface area contributed by atoms with Gasteiger partial charge in [0, 0.05) is 12.7 Å². The summed E-state index contributed by atoms with van der Waals surface area (Å²) in [5.41, 5.74) is 5.14. The molecule has 2 aromatic rings. The van der Waals surface area contributed by atoms with Crippen molar-refractivity contribution in [2.45, 2.75) is 20.0 Å². The lowest BCUT2D eigenvalue weighted by Crippen LogP contribution is -2.36. The minimum absolute atomic E-state index is 0.0872. The lowest BCUT2D eigenvalue weighted by molar-refractivity contribution is 0.732. The van der Waals surface area contributed by atoms with Crippen molar-refractivity contribution in [3.63, 3.8) is 0 Å². The Morgan fingerprint density at radius 2 is 1.95 bits per heavy atom. The first kappa shape index (κ1) is 14.0. The fourth-order valence-electron chi connectivity index (χ4n) is 3.03. The predicted molar refractivity (Wildman–Crippen MR) is 88.6 cm³/mol. The van der Waals surface area contributed by atoms with E-state index in [1.807, 2.05) is 25.2 Å². The second-order valence-corrected chi connectivity index (χ2v) is 5.48. The number of nitrogens with zero attached hydrogens (tertiary/aromatic N) is 4. The number of aryl methyl sites for hydroxylation is 1. The molecule has 3 rings (SSSR count). The van der Waals surface area contributed by atoms with Crippen molar-refractivity contribution in [1.82, 2.24) is 0 Å². The maximum Gasteiger partial charge on any atom is 0.190 e. The summed E-state index contributed by atoms with van der Waals surface area (Å²) in [6.07, 6.45) is 0.0872. The fraction of sp³-hybridized carbons (Fsp3) is 0.222. The molecule has 0 aliphatic carbocycles. The lowest BCUT2D eigenvalue weighted by Gasteiger charge is -2.29. The Balaban J connectivity index is 2.29. The molecule has 0 bridgehead atoms. The predicted octanol–water partition coefficient (Wildman–Crippen LogP) is 4.35. The van der Waals surface area contributed by atoms with Crippen LogP contribution in [0.2, 0.25) is 0 Å². The van der Waals surface area contributed by atoms with Gasteiger partial charge in [0.25, 0.3) is 0 Å². The Bertz CT molecular complexity index is 826. The van der Waals surface area contributed by atoms with Gasteiger partial charge >= 0.3 is 0 Å². The Kier molecular flexibility index (Phi) is 3.23. The molecule has 0 saturated heterocycles. The lowest BCUT2D eigenvalue weighted by atomic mass is 10.1. The minimum atomic E-state index is 0.0872. The summed E-state index contributed by atoms with van der Waals surface area (Å²) in [5, 5.41) is 9.44. The van der Waals surface area contributed by atoms with Crippen LogP contribution in [0.25, 0.3) is 4.85 Å².